The largest absolute Gasteiger partial charge is 0.352 e. The third-order valence-corrected chi connectivity index (χ3v) is 5.31. The number of nitrogens with zero attached hydrogens (tertiary/aromatic N) is 4. The highest BCUT2D eigenvalue weighted by atomic mass is 16.2. The van der Waals surface area contributed by atoms with Gasteiger partial charge < -0.3 is 5.32 Å². The Kier molecular flexibility index (Phi) is 5.71. The SMILES string of the molecule is CC(C)NC(=O)c1ccc2c(=O)n(C(C)C)c3nn(CC(=O)c4ccccc4)c(=O)n3c2c1. The van der Waals surface area contributed by atoms with E-state index in [1.807, 2.05) is 27.7 Å². The minimum Gasteiger partial charge on any atom is -0.350 e. The van der Waals surface area contributed by atoms with Gasteiger partial charge in [-0.1, -0.05) is 30.3 Å². The molecule has 0 aliphatic heterocycles. The van der Waals surface area contributed by atoms with Crippen LogP contribution < -0.4 is 16.6 Å². The molecule has 4 rings (SSSR count). The standard InChI is InChI=1S/C24H25N5O4/c1-14(2)25-21(31)17-10-11-18-19(12-17)29-23(28(15(3)4)22(18)32)26-27(24(29)33)13-20(30)16-8-6-5-7-9-16/h5-12,14-15H,13H2,1-4H3,(H,25,31). The molecule has 170 valence electrons. The number of hydrogen-bond acceptors (Lipinski definition) is 5. The van der Waals surface area contributed by atoms with Gasteiger partial charge in [0.15, 0.2) is 5.78 Å². The zero-order chi connectivity index (χ0) is 23.9. The van der Waals surface area contributed by atoms with Crippen LogP contribution in [0.4, 0.5) is 0 Å². The van der Waals surface area contributed by atoms with Gasteiger partial charge in [0.1, 0.15) is 6.54 Å². The first-order valence-corrected chi connectivity index (χ1v) is 10.8. The van der Waals surface area contributed by atoms with Gasteiger partial charge in [0.25, 0.3) is 11.5 Å². The van der Waals surface area contributed by atoms with Crippen molar-refractivity contribution in [3.8, 4) is 0 Å². The second-order valence-corrected chi connectivity index (χ2v) is 8.49. The van der Waals surface area contributed by atoms with Crippen LogP contribution in [0.2, 0.25) is 0 Å². The lowest BCUT2D eigenvalue weighted by atomic mass is 10.1. The Bertz CT molecular complexity index is 1490. The van der Waals surface area contributed by atoms with E-state index in [-0.39, 0.29) is 52.6 Å². The van der Waals surface area contributed by atoms with Crippen molar-refractivity contribution in [2.24, 2.45) is 0 Å². The molecule has 33 heavy (non-hydrogen) atoms. The molecule has 0 unspecified atom stereocenters. The van der Waals surface area contributed by atoms with Crippen LogP contribution in [0.5, 0.6) is 0 Å². The fraction of sp³-hybridized carbons (Fsp3) is 0.292. The molecule has 9 nitrogen and oxygen atoms in total. The number of fused-ring (bicyclic) bond motifs is 3. The second-order valence-electron chi connectivity index (χ2n) is 8.49. The minimum absolute atomic E-state index is 0.0726. The van der Waals surface area contributed by atoms with Gasteiger partial charge >= 0.3 is 5.69 Å². The van der Waals surface area contributed by atoms with Gasteiger partial charge in [0, 0.05) is 23.2 Å². The van der Waals surface area contributed by atoms with Crippen LogP contribution in [-0.4, -0.2) is 36.5 Å². The number of rotatable bonds is 6. The molecule has 0 aliphatic rings. The highest BCUT2D eigenvalue weighted by molar-refractivity contribution is 5.98. The molecule has 0 spiro atoms. The predicted octanol–water partition coefficient (Wildman–Crippen LogP) is 2.41. The molecule has 1 amide bonds. The lowest BCUT2D eigenvalue weighted by Gasteiger charge is -2.13. The fourth-order valence-corrected chi connectivity index (χ4v) is 3.79. The number of ketones is 1. The Balaban J connectivity index is 1.95. The van der Waals surface area contributed by atoms with E-state index in [1.54, 1.807) is 42.5 Å². The van der Waals surface area contributed by atoms with Gasteiger partial charge in [-0.05, 0) is 45.9 Å². The number of carbonyl (C=O) groups is 2. The summed E-state index contributed by atoms with van der Waals surface area (Å²) in [5, 5.41) is 7.43. The Morgan fingerprint density at radius 2 is 1.67 bits per heavy atom. The van der Waals surface area contributed by atoms with Crippen LogP contribution in [-0.2, 0) is 6.54 Å². The van der Waals surface area contributed by atoms with Crippen LogP contribution >= 0.6 is 0 Å². The monoisotopic (exact) mass is 447 g/mol. The van der Waals surface area contributed by atoms with Gasteiger partial charge in [-0.25, -0.2) is 13.9 Å². The van der Waals surface area contributed by atoms with Crippen molar-refractivity contribution < 1.29 is 9.59 Å². The summed E-state index contributed by atoms with van der Waals surface area (Å²) in [5.74, 6) is -0.469. The van der Waals surface area contributed by atoms with Crippen LogP contribution in [0.1, 0.15) is 54.5 Å². The van der Waals surface area contributed by atoms with Crippen molar-refractivity contribution in [1.29, 1.82) is 0 Å². The summed E-state index contributed by atoms with van der Waals surface area (Å²) in [7, 11) is 0. The first-order chi connectivity index (χ1) is 15.7. The predicted molar refractivity (Wildman–Crippen MR) is 125 cm³/mol. The second kappa shape index (κ2) is 8.50. The summed E-state index contributed by atoms with van der Waals surface area (Å²) in [6.07, 6.45) is 0. The average Bonchev–Trinajstić information content (AvgIpc) is 3.09. The van der Waals surface area contributed by atoms with Crippen molar-refractivity contribution in [2.45, 2.75) is 46.3 Å². The Labute approximate surface area is 189 Å². The molecule has 2 aromatic heterocycles. The van der Waals surface area contributed by atoms with E-state index in [2.05, 4.69) is 10.4 Å². The molecule has 0 saturated carbocycles. The number of hydrogen-bond donors (Lipinski definition) is 1. The Morgan fingerprint density at radius 3 is 2.30 bits per heavy atom. The zero-order valence-electron chi connectivity index (χ0n) is 18.9. The third-order valence-electron chi connectivity index (χ3n) is 5.31. The molecule has 1 N–H and O–H groups in total. The lowest BCUT2D eigenvalue weighted by molar-refractivity contribution is 0.0940. The van der Waals surface area contributed by atoms with Crippen molar-refractivity contribution in [3.63, 3.8) is 0 Å². The van der Waals surface area contributed by atoms with E-state index < -0.39 is 5.69 Å². The van der Waals surface area contributed by atoms with Crippen LogP contribution in [0.15, 0.2) is 58.1 Å². The van der Waals surface area contributed by atoms with E-state index in [4.69, 9.17) is 0 Å². The summed E-state index contributed by atoms with van der Waals surface area (Å²) in [4.78, 5) is 51.8. The summed E-state index contributed by atoms with van der Waals surface area (Å²) in [6.45, 7) is 7.05. The number of aromatic nitrogens is 4. The maximum Gasteiger partial charge on any atom is 0.352 e. The van der Waals surface area contributed by atoms with Crippen molar-refractivity contribution in [1.82, 2.24) is 24.1 Å². The van der Waals surface area contributed by atoms with Gasteiger partial charge in [-0.15, -0.1) is 5.10 Å². The minimum atomic E-state index is -0.560. The van der Waals surface area contributed by atoms with Gasteiger partial charge in [0.05, 0.1) is 10.9 Å². The molecule has 2 aromatic carbocycles. The molecule has 0 atom stereocenters. The summed E-state index contributed by atoms with van der Waals surface area (Å²) >= 11 is 0. The Morgan fingerprint density at radius 1 is 0.970 bits per heavy atom. The van der Waals surface area contributed by atoms with E-state index >= 15 is 0 Å². The number of amides is 1. The molecule has 0 bridgehead atoms. The van der Waals surface area contributed by atoms with E-state index in [0.717, 1.165) is 4.68 Å². The van der Waals surface area contributed by atoms with Crippen molar-refractivity contribution >= 4 is 28.4 Å². The molecule has 4 aromatic rings. The van der Waals surface area contributed by atoms with Crippen LogP contribution in [0, 0.1) is 0 Å². The molecular weight excluding hydrogens is 422 g/mol. The van der Waals surface area contributed by atoms with Gasteiger partial charge in [-0.2, -0.15) is 0 Å². The first kappa shape index (κ1) is 22.2. The van der Waals surface area contributed by atoms with E-state index in [0.29, 0.717) is 11.1 Å². The number of Topliss-reactive ketones (excluding diaryl/α,β-unsaturated/α-hetero) is 1. The number of benzene rings is 2. The molecule has 0 saturated heterocycles. The summed E-state index contributed by atoms with van der Waals surface area (Å²) in [6, 6.07) is 12.9. The maximum absolute atomic E-state index is 13.3. The van der Waals surface area contributed by atoms with Crippen LogP contribution in [0.25, 0.3) is 16.7 Å². The highest BCUT2D eigenvalue weighted by Gasteiger charge is 2.21. The van der Waals surface area contributed by atoms with E-state index in [1.165, 1.54) is 15.0 Å². The van der Waals surface area contributed by atoms with Gasteiger partial charge in [0.2, 0.25) is 5.78 Å². The van der Waals surface area contributed by atoms with Crippen molar-refractivity contribution in [2.75, 3.05) is 0 Å². The first-order valence-electron chi connectivity index (χ1n) is 10.8. The Hall–Kier alpha value is -4.01. The molecule has 9 heteroatoms. The van der Waals surface area contributed by atoms with Crippen molar-refractivity contribution in [3.05, 3.63) is 80.5 Å². The van der Waals surface area contributed by atoms with Gasteiger partial charge in [-0.3, -0.25) is 19.0 Å². The smallest absolute Gasteiger partial charge is 0.350 e. The highest BCUT2D eigenvalue weighted by Crippen LogP contribution is 2.17. The zero-order valence-corrected chi connectivity index (χ0v) is 18.9. The summed E-state index contributed by atoms with van der Waals surface area (Å²) in [5.41, 5.74) is 0.163. The third kappa shape index (κ3) is 3.97. The average molecular weight is 447 g/mol. The molecule has 0 aliphatic carbocycles. The number of nitrogens with one attached hydrogen (secondary N) is 1. The molecule has 0 fully saturated rings. The van der Waals surface area contributed by atoms with Crippen LogP contribution in [0.3, 0.4) is 0 Å². The topological polar surface area (TPSA) is 107 Å². The molecule has 0 radical (unpaired) electrons. The quantitative estimate of drug-likeness (QED) is 0.457. The van der Waals surface area contributed by atoms with E-state index in [9.17, 15) is 19.2 Å². The number of carbonyl (C=O) groups excluding carboxylic acids is 2. The molecular formula is C24H25N5O4. The normalized spacial score (nSPS) is 11.6. The maximum atomic E-state index is 13.3. The fourth-order valence-electron chi connectivity index (χ4n) is 3.79. The summed E-state index contributed by atoms with van der Waals surface area (Å²) < 4.78 is 3.77. The molecule has 2 heterocycles. The lowest BCUT2D eigenvalue weighted by Crippen LogP contribution is -2.31.